The molecule has 0 aromatic carbocycles. The van der Waals surface area contributed by atoms with E-state index in [4.69, 9.17) is 0 Å². The summed E-state index contributed by atoms with van der Waals surface area (Å²) in [7, 11) is -4.19. The Morgan fingerprint density at radius 2 is 1.35 bits per heavy atom. The first-order chi connectivity index (χ1) is 12.5. The summed E-state index contributed by atoms with van der Waals surface area (Å²) < 4.78 is 12.5. The number of rotatable bonds is 15. The van der Waals surface area contributed by atoms with Crippen LogP contribution in [0.25, 0.3) is 0 Å². The molecule has 1 rings (SSSR count). The Labute approximate surface area is 161 Å². The smallest absolute Gasteiger partial charge is 0.324 e. The molecule has 0 aromatic rings. The average Bonchev–Trinajstić information content (AvgIpc) is 2.61. The molecular weight excluding hydrogens is 343 g/mol. The molecule has 26 heavy (non-hydrogen) atoms. The van der Waals surface area contributed by atoms with E-state index >= 15 is 0 Å². The van der Waals surface area contributed by atoms with Crippen LogP contribution in [0.5, 0.6) is 0 Å². The molecule has 0 heterocycles. The van der Waals surface area contributed by atoms with E-state index in [2.05, 4.69) is 13.8 Å². The zero-order valence-corrected chi connectivity index (χ0v) is 17.9. The van der Waals surface area contributed by atoms with Crippen LogP contribution >= 0.6 is 7.60 Å². The molecule has 0 amide bonds. The van der Waals surface area contributed by atoms with Crippen LogP contribution in [0.4, 0.5) is 0 Å². The van der Waals surface area contributed by atoms with Crippen molar-refractivity contribution in [2.24, 2.45) is 5.92 Å². The fourth-order valence-electron chi connectivity index (χ4n) is 4.12. The van der Waals surface area contributed by atoms with Gasteiger partial charge < -0.3 is 9.79 Å². The molecule has 0 fully saturated rings. The second-order valence-electron chi connectivity index (χ2n) is 7.96. The predicted molar refractivity (Wildman–Crippen MR) is 113 cm³/mol. The van der Waals surface area contributed by atoms with Crippen molar-refractivity contribution in [3.8, 4) is 0 Å². The highest BCUT2D eigenvalue weighted by molar-refractivity contribution is 7.53. The van der Waals surface area contributed by atoms with Crippen molar-refractivity contribution in [2.75, 3.05) is 0 Å². The monoisotopic (exact) mass is 384 g/mol. The van der Waals surface area contributed by atoms with Crippen LogP contribution < -0.4 is 0 Å². The molecule has 0 aromatic heterocycles. The zero-order valence-electron chi connectivity index (χ0n) is 17.0. The topological polar surface area (TPSA) is 57.5 Å². The molecule has 3 nitrogen and oxygen atoms in total. The summed E-state index contributed by atoms with van der Waals surface area (Å²) in [6, 6.07) is 0. The summed E-state index contributed by atoms with van der Waals surface area (Å²) >= 11 is 0. The van der Waals surface area contributed by atoms with E-state index in [-0.39, 0.29) is 5.92 Å². The van der Waals surface area contributed by atoms with Gasteiger partial charge in [-0.2, -0.15) is 0 Å². The Kier molecular flexibility index (Phi) is 11.8. The third kappa shape index (κ3) is 7.71. The first-order valence-corrected chi connectivity index (χ1v) is 12.5. The lowest BCUT2D eigenvalue weighted by Gasteiger charge is -2.39. The quantitative estimate of drug-likeness (QED) is 0.233. The third-order valence-corrected chi connectivity index (χ3v) is 7.61. The summed E-state index contributed by atoms with van der Waals surface area (Å²) in [5, 5.41) is -0.976. The second-order valence-corrected chi connectivity index (χ2v) is 9.88. The molecule has 2 atom stereocenters. The van der Waals surface area contributed by atoms with Gasteiger partial charge in [0.2, 0.25) is 0 Å². The summed E-state index contributed by atoms with van der Waals surface area (Å²) in [6.45, 7) is 4.41. The zero-order chi connectivity index (χ0) is 19.3. The average molecular weight is 385 g/mol. The van der Waals surface area contributed by atoms with Crippen LogP contribution in [0.1, 0.15) is 104 Å². The lowest BCUT2D eigenvalue weighted by Crippen LogP contribution is -2.36. The predicted octanol–water partition coefficient (Wildman–Crippen LogP) is 7.15. The fourth-order valence-corrected chi connectivity index (χ4v) is 5.49. The van der Waals surface area contributed by atoms with Gasteiger partial charge in [-0.1, -0.05) is 115 Å². The van der Waals surface area contributed by atoms with Crippen molar-refractivity contribution in [1.82, 2.24) is 0 Å². The van der Waals surface area contributed by atoms with Gasteiger partial charge in [0.05, 0.1) is 5.16 Å². The molecule has 4 heteroatoms. The summed E-state index contributed by atoms with van der Waals surface area (Å²) in [4.78, 5) is 20.4. The van der Waals surface area contributed by atoms with Gasteiger partial charge in [0.25, 0.3) is 0 Å². The molecule has 0 saturated carbocycles. The minimum absolute atomic E-state index is 0.0326. The highest BCUT2D eigenvalue weighted by Crippen LogP contribution is 2.60. The minimum Gasteiger partial charge on any atom is -0.324 e. The van der Waals surface area contributed by atoms with E-state index in [0.717, 1.165) is 32.1 Å². The van der Waals surface area contributed by atoms with Gasteiger partial charge >= 0.3 is 7.60 Å². The lowest BCUT2D eigenvalue weighted by molar-refractivity contribution is 0.293. The Hall–Kier alpha value is -0.370. The summed E-state index contributed by atoms with van der Waals surface area (Å²) in [5.74, 6) is -0.0326. The molecule has 2 unspecified atom stereocenters. The second kappa shape index (κ2) is 12.9. The van der Waals surface area contributed by atoms with E-state index in [1.807, 2.05) is 24.3 Å². The largest absolute Gasteiger partial charge is 0.335 e. The number of hydrogen-bond donors (Lipinski definition) is 2. The van der Waals surface area contributed by atoms with Crippen LogP contribution in [0.3, 0.4) is 0 Å². The van der Waals surface area contributed by atoms with Crippen molar-refractivity contribution in [3.05, 3.63) is 24.3 Å². The molecule has 0 bridgehead atoms. The van der Waals surface area contributed by atoms with Crippen molar-refractivity contribution in [3.63, 3.8) is 0 Å². The van der Waals surface area contributed by atoms with Gasteiger partial charge in [-0.3, -0.25) is 4.57 Å². The summed E-state index contributed by atoms with van der Waals surface area (Å²) in [5.41, 5.74) is 0. The van der Waals surface area contributed by atoms with Crippen molar-refractivity contribution < 1.29 is 14.4 Å². The van der Waals surface area contributed by atoms with Crippen molar-refractivity contribution in [2.45, 2.75) is 109 Å². The summed E-state index contributed by atoms with van der Waals surface area (Å²) in [6.07, 6.45) is 23.3. The van der Waals surface area contributed by atoms with Crippen LogP contribution in [-0.2, 0) is 4.57 Å². The molecular formula is C22H41O3P. The maximum Gasteiger partial charge on any atom is 0.335 e. The third-order valence-electron chi connectivity index (χ3n) is 5.82. The highest BCUT2D eigenvalue weighted by Gasteiger charge is 2.49. The number of hydrogen-bond acceptors (Lipinski definition) is 1. The molecule has 1 aliphatic carbocycles. The Bertz CT molecular complexity index is 466. The van der Waals surface area contributed by atoms with Crippen molar-refractivity contribution >= 4 is 7.60 Å². The van der Waals surface area contributed by atoms with Gasteiger partial charge in [-0.25, -0.2) is 0 Å². The van der Waals surface area contributed by atoms with E-state index in [1.165, 1.54) is 51.4 Å². The SMILES string of the molecule is CCCCCCCCCCC1(P(=O)(O)O)C=CC=CC1CCCCCC. The molecule has 2 N–H and O–H groups in total. The maximum atomic E-state index is 12.5. The number of unbranched alkanes of at least 4 members (excludes halogenated alkanes) is 10. The molecule has 0 aliphatic heterocycles. The fraction of sp³-hybridized carbons (Fsp3) is 0.818. The van der Waals surface area contributed by atoms with Gasteiger partial charge in [0.15, 0.2) is 0 Å². The lowest BCUT2D eigenvalue weighted by atomic mass is 9.80. The van der Waals surface area contributed by atoms with Gasteiger partial charge in [0.1, 0.15) is 0 Å². The van der Waals surface area contributed by atoms with Gasteiger partial charge in [0, 0.05) is 0 Å². The Balaban J connectivity index is 2.55. The maximum absolute atomic E-state index is 12.5. The molecule has 152 valence electrons. The van der Waals surface area contributed by atoms with E-state index in [0.29, 0.717) is 6.42 Å². The van der Waals surface area contributed by atoms with Crippen LogP contribution in [0.15, 0.2) is 24.3 Å². The molecule has 1 aliphatic rings. The van der Waals surface area contributed by atoms with E-state index in [9.17, 15) is 14.4 Å². The van der Waals surface area contributed by atoms with Crippen LogP contribution in [0.2, 0.25) is 0 Å². The van der Waals surface area contributed by atoms with E-state index in [1.54, 1.807) is 0 Å². The molecule has 0 saturated heterocycles. The Morgan fingerprint density at radius 1 is 0.808 bits per heavy atom. The van der Waals surface area contributed by atoms with Gasteiger partial charge in [-0.05, 0) is 18.8 Å². The standard InChI is InChI=1S/C22H41O3P/c1-3-5-7-9-10-11-12-15-19-22(26(23,24)25)20-16-14-18-21(22)17-13-8-6-4-2/h14,16,18,20-21H,3-13,15,17,19H2,1-2H3,(H2,23,24,25). The normalized spacial score (nSPS) is 22.8. The van der Waals surface area contributed by atoms with E-state index < -0.39 is 12.8 Å². The highest BCUT2D eigenvalue weighted by atomic mass is 31.2. The first kappa shape index (κ1) is 23.7. The Morgan fingerprint density at radius 3 is 1.92 bits per heavy atom. The first-order valence-electron chi connectivity index (χ1n) is 10.9. The van der Waals surface area contributed by atoms with Crippen LogP contribution in [-0.4, -0.2) is 14.9 Å². The van der Waals surface area contributed by atoms with Crippen LogP contribution in [0, 0.1) is 5.92 Å². The van der Waals surface area contributed by atoms with Gasteiger partial charge in [-0.15, -0.1) is 0 Å². The molecule has 0 radical (unpaired) electrons. The number of allylic oxidation sites excluding steroid dienone is 4. The minimum atomic E-state index is -4.19. The van der Waals surface area contributed by atoms with Crippen molar-refractivity contribution in [1.29, 1.82) is 0 Å². The molecule has 0 spiro atoms.